The highest BCUT2D eigenvalue weighted by atomic mass is 35.5. The molecule has 0 amide bonds. The molecule has 0 aliphatic carbocycles. The molecule has 0 saturated heterocycles. The summed E-state index contributed by atoms with van der Waals surface area (Å²) in [5.74, 6) is 0.253. The second-order valence-corrected chi connectivity index (χ2v) is 7.47. The quantitative estimate of drug-likeness (QED) is 0.390. The van der Waals surface area contributed by atoms with Gasteiger partial charge in [-0.1, -0.05) is 41.4 Å². The zero-order chi connectivity index (χ0) is 20.5. The van der Waals surface area contributed by atoms with Gasteiger partial charge in [0.25, 0.3) is 5.56 Å². The lowest BCUT2D eigenvalue weighted by Crippen LogP contribution is -2.30. The fourth-order valence-corrected chi connectivity index (χ4v) is 3.43. The summed E-state index contributed by atoms with van der Waals surface area (Å²) in [6.45, 7) is 5.75. The zero-order valence-electron chi connectivity index (χ0n) is 16.1. The van der Waals surface area contributed by atoms with Gasteiger partial charge in [-0.05, 0) is 37.1 Å². The highest BCUT2D eigenvalue weighted by molar-refractivity contribution is 6.32. The molecule has 2 aromatic carbocycles. The molecular formula is C21H20ClN5O2. The molecule has 2 aliphatic rings. The van der Waals surface area contributed by atoms with Crippen molar-refractivity contribution < 1.29 is 0 Å². The summed E-state index contributed by atoms with van der Waals surface area (Å²) in [5.41, 5.74) is 3.51. The fraction of sp³-hybridized carbons (Fsp3) is 0.238. The Bertz CT molecular complexity index is 1280. The van der Waals surface area contributed by atoms with Crippen molar-refractivity contribution in [1.29, 1.82) is 0 Å². The van der Waals surface area contributed by atoms with Crippen molar-refractivity contribution >= 4 is 22.6 Å². The van der Waals surface area contributed by atoms with Gasteiger partial charge in [0.15, 0.2) is 11.5 Å². The van der Waals surface area contributed by atoms with Gasteiger partial charge in [0.05, 0.1) is 11.0 Å². The number of halogens is 1. The molecule has 8 heteroatoms. The predicted octanol–water partition coefficient (Wildman–Crippen LogP) is 2.64. The number of aromatic nitrogens is 4. The van der Waals surface area contributed by atoms with E-state index < -0.39 is 11.2 Å². The smallest absolute Gasteiger partial charge is 0.321 e. The number of nitrogens with one attached hydrogen (secondary N) is 2. The van der Waals surface area contributed by atoms with Crippen LogP contribution in [0.2, 0.25) is 5.02 Å². The molecule has 0 saturated carbocycles. The van der Waals surface area contributed by atoms with Crippen LogP contribution in [0.4, 0.5) is 0 Å². The Balaban J connectivity index is 1.70. The summed E-state index contributed by atoms with van der Waals surface area (Å²) < 4.78 is 1.82. The summed E-state index contributed by atoms with van der Waals surface area (Å²) in [6.07, 6.45) is 0. The van der Waals surface area contributed by atoms with Gasteiger partial charge in [0, 0.05) is 24.7 Å². The van der Waals surface area contributed by atoms with Gasteiger partial charge < -0.3 is 9.88 Å². The van der Waals surface area contributed by atoms with E-state index in [-0.39, 0.29) is 11.5 Å². The first kappa shape index (κ1) is 19.3. The average molecular weight is 410 g/mol. The summed E-state index contributed by atoms with van der Waals surface area (Å²) in [4.78, 5) is 34.7. The number of benzene rings is 2. The molecule has 4 rings (SSSR count). The summed E-state index contributed by atoms with van der Waals surface area (Å²) in [5, 5.41) is 3.98. The predicted molar refractivity (Wildman–Crippen MR) is 114 cm³/mol. The fourth-order valence-electron chi connectivity index (χ4n) is 3.28. The van der Waals surface area contributed by atoms with Crippen molar-refractivity contribution in [3.8, 4) is 11.5 Å². The number of hydrogen-bond acceptors (Lipinski definition) is 5. The standard InChI is InChI=1S/C21H20ClN5O2/c1-12-3-5-14(6-4-12)11-23-7-8-27-17-10-15(22)13(2)9-16(17)24-18-19(27)25-21(29)26-20(18)28/h3-6,9-10,23H,7-8,11H2,1-2H3,(H,26,28,29). The normalized spacial score (nSPS) is 11.4. The molecule has 29 heavy (non-hydrogen) atoms. The average Bonchev–Trinajstić information content (AvgIpc) is 2.68. The van der Waals surface area contributed by atoms with Crippen molar-refractivity contribution in [3.05, 3.63) is 78.9 Å². The maximum absolute atomic E-state index is 12.3. The molecule has 0 fully saturated rings. The van der Waals surface area contributed by atoms with Crippen LogP contribution < -0.4 is 16.6 Å². The lowest BCUT2D eigenvalue weighted by atomic mass is 10.1. The summed E-state index contributed by atoms with van der Waals surface area (Å²) in [6, 6.07) is 11.9. The van der Waals surface area contributed by atoms with E-state index in [4.69, 9.17) is 11.6 Å². The minimum Gasteiger partial charge on any atom is -0.321 e. The third kappa shape index (κ3) is 3.92. The maximum Gasteiger partial charge on any atom is 0.349 e. The number of rotatable bonds is 5. The van der Waals surface area contributed by atoms with Crippen LogP contribution in [0.15, 0.2) is 46.0 Å². The molecule has 0 aromatic heterocycles. The molecule has 0 bridgehead atoms. The SMILES string of the molecule is Cc1ccc(CNCCn2c3nc(=O)[nH]c(=O)c-3nc3cc(C)c(Cl)cc32)cc1. The van der Waals surface area contributed by atoms with E-state index in [9.17, 15) is 9.59 Å². The monoisotopic (exact) mass is 409 g/mol. The minimum atomic E-state index is -0.691. The molecule has 7 nitrogen and oxygen atoms in total. The molecule has 0 atom stereocenters. The summed E-state index contributed by atoms with van der Waals surface area (Å²) in [7, 11) is 0. The van der Waals surface area contributed by atoms with Crippen LogP contribution >= 0.6 is 11.6 Å². The first-order valence-corrected chi connectivity index (χ1v) is 9.67. The topological polar surface area (TPSA) is 92.7 Å². The third-order valence-electron chi connectivity index (χ3n) is 4.85. The third-order valence-corrected chi connectivity index (χ3v) is 5.26. The Kier molecular flexibility index (Phi) is 5.17. The number of fused-ring (bicyclic) bond motifs is 2. The van der Waals surface area contributed by atoms with E-state index in [2.05, 4.69) is 51.5 Å². The molecule has 0 spiro atoms. The van der Waals surface area contributed by atoms with E-state index in [1.165, 1.54) is 11.1 Å². The van der Waals surface area contributed by atoms with Crippen molar-refractivity contribution in [3.63, 3.8) is 0 Å². The van der Waals surface area contributed by atoms with Crippen LogP contribution in [0, 0.1) is 13.8 Å². The van der Waals surface area contributed by atoms with Gasteiger partial charge in [-0.15, -0.1) is 0 Å². The maximum atomic E-state index is 12.3. The first-order chi connectivity index (χ1) is 13.9. The van der Waals surface area contributed by atoms with E-state index in [0.29, 0.717) is 30.2 Å². The van der Waals surface area contributed by atoms with Crippen LogP contribution in [0.5, 0.6) is 0 Å². The molecule has 2 aromatic rings. The van der Waals surface area contributed by atoms with Gasteiger partial charge in [-0.3, -0.25) is 9.78 Å². The molecule has 0 unspecified atom stereocenters. The number of nitrogens with zero attached hydrogens (tertiary/aromatic N) is 3. The van der Waals surface area contributed by atoms with Gasteiger partial charge in [0.2, 0.25) is 0 Å². The Labute approximate surface area is 171 Å². The van der Waals surface area contributed by atoms with Crippen LogP contribution in [0.1, 0.15) is 16.7 Å². The Morgan fingerprint density at radius 3 is 2.62 bits per heavy atom. The minimum absolute atomic E-state index is 0.136. The number of H-pyrrole nitrogens is 1. The second-order valence-electron chi connectivity index (χ2n) is 7.06. The largest absolute Gasteiger partial charge is 0.349 e. The Morgan fingerprint density at radius 1 is 1.10 bits per heavy atom. The molecule has 0 radical (unpaired) electrons. The molecule has 2 N–H and O–H groups in total. The lowest BCUT2D eigenvalue weighted by molar-refractivity contribution is 0.603. The van der Waals surface area contributed by atoms with Crippen LogP contribution in [0.3, 0.4) is 0 Å². The molecule has 148 valence electrons. The van der Waals surface area contributed by atoms with E-state index in [1.807, 2.05) is 17.6 Å². The Morgan fingerprint density at radius 2 is 1.86 bits per heavy atom. The number of aromatic amines is 1. The van der Waals surface area contributed by atoms with E-state index in [1.54, 1.807) is 6.07 Å². The van der Waals surface area contributed by atoms with Crippen molar-refractivity contribution in [1.82, 2.24) is 24.8 Å². The molecule has 2 heterocycles. The second kappa shape index (κ2) is 7.77. The highest BCUT2D eigenvalue weighted by Gasteiger charge is 2.19. The van der Waals surface area contributed by atoms with Gasteiger partial charge >= 0.3 is 5.69 Å². The van der Waals surface area contributed by atoms with Gasteiger partial charge in [-0.25, -0.2) is 9.78 Å². The van der Waals surface area contributed by atoms with Gasteiger partial charge in [0.1, 0.15) is 0 Å². The lowest BCUT2D eigenvalue weighted by Gasteiger charge is -2.17. The van der Waals surface area contributed by atoms with Crippen molar-refractivity contribution in [2.45, 2.75) is 26.9 Å². The zero-order valence-corrected chi connectivity index (χ0v) is 16.9. The number of aryl methyl sites for hydroxylation is 2. The first-order valence-electron chi connectivity index (χ1n) is 9.29. The van der Waals surface area contributed by atoms with Crippen LogP contribution in [0.25, 0.3) is 22.6 Å². The van der Waals surface area contributed by atoms with E-state index in [0.717, 1.165) is 11.1 Å². The summed E-state index contributed by atoms with van der Waals surface area (Å²) >= 11 is 6.32. The van der Waals surface area contributed by atoms with Crippen molar-refractivity contribution in [2.24, 2.45) is 0 Å². The highest BCUT2D eigenvalue weighted by Crippen LogP contribution is 2.26. The Hall–Kier alpha value is -3.03. The van der Waals surface area contributed by atoms with E-state index >= 15 is 0 Å². The van der Waals surface area contributed by atoms with Crippen molar-refractivity contribution in [2.75, 3.05) is 6.54 Å². The van der Waals surface area contributed by atoms with Crippen LogP contribution in [-0.2, 0) is 13.1 Å². The molecular weight excluding hydrogens is 390 g/mol. The molecule has 2 aliphatic heterocycles. The number of hydrogen-bond donors (Lipinski definition) is 2. The van der Waals surface area contributed by atoms with Gasteiger partial charge in [-0.2, -0.15) is 4.98 Å². The van der Waals surface area contributed by atoms with Crippen LogP contribution in [-0.4, -0.2) is 26.1 Å².